The lowest BCUT2D eigenvalue weighted by Gasteiger charge is -2.37. The number of phenols is 1. The zero-order chi connectivity index (χ0) is 18.5. The Bertz CT molecular complexity index is 761. The number of hydrogen-bond acceptors (Lipinski definition) is 4. The molecule has 0 aliphatic carbocycles. The molecule has 0 bridgehead atoms. The van der Waals surface area contributed by atoms with Crippen molar-refractivity contribution in [3.05, 3.63) is 42.5 Å². The number of aliphatic imine (C=N–C) groups is 1. The Hall–Kier alpha value is -2.11. The number of phenolic OH excluding ortho intramolecular Hbond substituents is 1. The smallest absolute Gasteiger partial charge is 0.319 e. The van der Waals surface area contributed by atoms with Gasteiger partial charge in [-0.1, -0.05) is 12.1 Å². The molecule has 148 valence electrons. The number of alkyl halides is 2. The van der Waals surface area contributed by atoms with E-state index in [1.165, 1.54) is 12.4 Å². The van der Waals surface area contributed by atoms with E-state index in [1.54, 1.807) is 19.2 Å². The number of hydrogen-bond donors (Lipinski definition) is 2. The fourth-order valence-electron chi connectivity index (χ4n) is 3.04. The Labute approximate surface area is 173 Å². The van der Waals surface area contributed by atoms with E-state index in [0.29, 0.717) is 19.0 Å². The van der Waals surface area contributed by atoms with Gasteiger partial charge in [-0.15, -0.1) is 24.0 Å². The molecule has 10 heteroatoms. The van der Waals surface area contributed by atoms with Gasteiger partial charge in [-0.25, -0.2) is 4.98 Å². The van der Waals surface area contributed by atoms with Crippen LogP contribution in [0.1, 0.15) is 12.4 Å². The lowest BCUT2D eigenvalue weighted by molar-refractivity contribution is 0.0668. The van der Waals surface area contributed by atoms with Crippen LogP contribution in [0.3, 0.4) is 0 Å². The summed E-state index contributed by atoms with van der Waals surface area (Å²) < 4.78 is 26.6. The number of aromatic hydroxyl groups is 1. The Morgan fingerprint density at radius 1 is 1.26 bits per heavy atom. The summed E-state index contributed by atoms with van der Waals surface area (Å²) in [5, 5.41) is 13.1. The zero-order valence-corrected chi connectivity index (χ0v) is 17.3. The van der Waals surface area contributed by atoms with E-state index in [9.17, 15) is 13.9 Å². The molecule has 0 unspecified atom stereocenters. The van der Waals surface area contributed by atoms with Crippen LogP contribution in [0.25, 0.3) is 0 Å². The van der Waals surface area contributed by atoms with Crippen LogP contribution in [0.4, 0.5) is 14.5 Å². The molecule has 0 atom stereocenters. The Morgan fingerprint density at radius 3 is 2.59 bits per heavy atom. The minimum Gasteiger partial charge on any atom is -0.506 e. The van der Waals surface area contributed by atoms with Crippen LogP contribution in [0.2, 0.25) is 0 Å². The number of halogens is 3. The van der Waals surface area contributed by atoms with Gasteiger partial charge in [0.1, 0.15) is 11.6 Å². The minimum absolute atomic E-state index is 0. The molecule has 27 heavy (non-hydrogen) atoms. The Balaban J connectivity index is 0.00000261. The van der Waals surface area contributed by atoms with Gasteiger partial charge in [-0.05, 0) is 12.1 Å². The van der Waals surface area contributed by atoms with E-state index in [4.69, 9.17) is 0 Å². The van der Waals surface area contributed by atoms with Gasteiger partial charge in [-0.2, -0.15) is 8.78 Å². The maximum absolute atomic E-state index is 12.9. The van der Waals surface area contributed by atoms with Gasteiger partial charge in [0.15, 0.2) is 5.96 Å². The van der Waals surface area contributed by atoms with Gasteiger partial charge in [0.05, 0.1) is 12.2 Å². The van der Waals surface area contributed by atoms with E-state index in [0.717, 1.165) is 23.3 Å². The van der Waals surface area contributed by atoms with Crippen LogP contribution < -0.4 is 10.2 Å². The summed E-state index contributed by atoms with van der Waals surface area (Å²) in [6.45, 7) is 0.421. The molecule has 0 radical (unpaired) electrons. The van der Waals surface area contributed by atoms with Crippen molar-refractivity contribution in [1.29, 1.82) is 0 Å². The summed E-state index contributed by atoms with van der Waals surface area (Å²) in [5.41, 5.74) is 0.814. The second kappa shape index (κ2) is 9.72. The first-order chi connectivity index (χ1) is 12.6. The molecule has 1 aromatic heterocycles. The third-order valence-corrected chi connectivity index (χ3v) is 4.38. The number of piperazine rings is 1. The molecule has 0 saturated carbocycles. The highest BCUT2D eigenvalue weighted by molar-refractivity contribution is 14.0. The number of nitrogens with one attached hydrogen (secondary N) is 1. The van der Waals surface area contributed by atoms with E-state index in [2.05, 4.69) is 25.1 Å². The van der Waals surface area contributed by atoms with Crippen molar-refractivity contribution in [2.24, 2.45) is 4.99 Å². The van der Waals surface area contributed by atoms with E-state index >= 15 is 0 Å². The topological polar surface area (TPSA) is 68.9 Å². The molecule has 0 amide bonds. The van der Waals surface area contributed by atoms with Crippen molar-refractivity contribution in [3.8, 4) is 5.75 Å². The summed E-state index contributed by atoms with van der Waals surface area (Å²) >= 11 is 0. The Kier molecular flexibility index (Phi) is 7.63. The van der Waals surface area contributed by atoms with Crippen molar-refractivity contribution in [2.75, 3.05) is 38.1 Å². The van der Waals surface area contributed by atoms with Crippen molar-refractivity contribution in [2.45, 2.75) is 13.1 Å². The van der Waals surface area contributed by atoms with Gasteiger partial charge < -0.3 is 20.2 Å². The normalized spacial score (nSPS) is 15.0. The lowest BCUT2D eigenvalue weighted by atomic mass is 10.2. The molecule has 3 rings (SSSR count). The molecule has 7 nitrogen and oxygen atoms in total. The molecule has 1 aliphatic rings. The quantitative estimate of drug-likeness (QED) is 0.390. The molecule has 0 spiro atoms. The second-order valence-corrected chi connectivity index (χ2v) is 5.89. The van der Waals surface area contributed by atoms with Crippen LogP contribution in [-0.4, -0.2) is 58.7 Å². The molecule has 1 aliphatic heterocycles. The second-order valence-electron chi connectivity index (χ2n) is 5.89. The van der Waals surface area contributed by atoms with Gasteiger partial charge >= 0.3 is 6.55 Å². The summed E-state index contributed by atoms with van der Waals surface area (Å²) in [6, 6.07) is 7.26. The van der Waals surface area contributed by atoms with Crippen molar-refractivity contribution < 1.29 is 13.9 Å². The first-order valence-electron chi connectivity index (χ1n) is 8.38. The van der Waals surface area contributed by atoms with Gasteiger partial charge in [0, 0.05) is 45.6 Å². The van der Waals surface area contributed by atoms with Crippen LogP contribution in [0.5, 0.6) is 5.75 Å². The SMILES string of the molecule is CN=C(NCc1nccn1C(F)F)N1CCN(c2ccccc2O)CC1.I. The lowest BCUT2D eigenvalue weighted by Crippen LogP contribution is -2.52. The van der Waals surface area contributed by atoms with Crippen LogP contribution >= 0.6 is 24.0 Å². The number of nitrogens with zero attached hydrogens (tertiary/aromatic N) is 5. The summed E-state index contributed by atoms with van der Waals surface area (Å²) in [5.74, 6) is 1.17. The van der Waals surface area contributed by atoms with Crippen molar-refractivity contribution in [1.82, 2.24) is 19.8 Å². The predicted octanol–water partition coefficient (Wildman–Crippen LogP) is 2.50. The highest BCUT2D eigenvalue weighted by Gasteiger charge is 2.21. The fraction of sp³-hybridized carbons (Fsp3) is 0.412. The minimum atomic E-state index is -2.61. The monoisotopic (exact) mass is 492 g/mol. The van der Waals surface area contributed by atoms with E-state index in [-0.39, 0.29) is 42.1 Å². The number of para-hydroxylation sites is 2. The van der Waals surface area contributed by atoms with Crippen molar-refractivity contribution >= 4 is 35.6 Å². The average molecular weight is 492 g/mol. The predicted molar refractivity (Wildman–Crippen MR) is 111 cm³/mol. The average Bonchev–Trinajstić information content (AvgIpc) is 3.12. The van der Waals surface area contributed by atoms with Crippen molar-refractivity contribution in [3.63, 3.8) is 0 Å². The molecule has 1 saturated heterocycles. The third-order valence-electron chi connectivity index (χ3n) is 4.38. The number of benzene rings is 1. The number of aromatic nitrogens is 2. The number of guanidine groups is 1. The van der Waals surface area contributed by atoms with Crippen LogP contribution in [0.15, 0.2) is 41.7 Å². The summed E-state index contributed by atoms with van der Waals surface area (Å²) in [7, 11) is 1.66. The first kappa shape index (κ1) is 21.2. The van der Waals surface area contributed by atoms with Crippen LogP contribution in [0, 0.1) is 0 Å². The van der Waals surface area contributed by atoms with Crippen LogP contribution in [-0.2, 0) is 6.54 Å². The standard InChI is InChI=1S/C17H22F2N6O.HI/c1-20-17(22-12-15-21-6-7-25(15)16(18)19)24-10-8-23(9-11-24)13-4-2-3-5-14(13)26;/h2-7,16,26H,8-12H2,1H3,(H,20,22);1H. The molecule has 2 heterocycles. The van der Waals surface area contributed by atoms with Gasteiger partial charge in [0.2, 0.25) is 0 Å². The summed E-state index contributed by atoms with van der Waals surface area (Å²) in [4.78, 5) is 12.4. The molecule has 2 aromatic rings. The molecule has 1 fully saturated rings. The highest BCUT2D eigenvalue weighted by atomic mass is 127. The zero-order valence-electron chi connectivity index (χ0n) is 14.9. The largest absolute Gasteiger partial charge is 0.506 e. The van der Waals surface area contributed by atoms with Gasteiger partial charge in [0.25, 0.3) is 0 Å². The van der Waals surface area contributed by atoms with E-state index in [1.807, 2.05) is 12.1 Å². The molecule has 2 N–H and O–H groups in total. The highest BCUT2D eigenvalue weighted by Crippen LogP contribution is 2.27. The fourth-order valence-corrected chi connectivity index (χ4v) is 3.04. The maximum atomic E-state index is 12.9. The number of rotatable bonds is 4. The Morgan fingerprint density at radius 2 is 1.96 bits per heavy atom. The third kappa shape index (κ3) is 4.99. The molecular formula is C17H23F2IN6O. The number of anilines is 1. The molecular weight excluding hydrogens is 469 g/mol. The first-order valence-corrected chi connectivity index (χ1v) is 8.38. The summed E-state index contributed by atoms with van der Waals surface area (Å²) in [6.07, 6.45) is 2.62. The van der Waals surface area contributed by atoms with E-state index < -0.39 is 6.55 Å². The molecule has 1 aromatic carbocycles. The number of imidazole rings is 1. The maximum Gasteiger partial charge on any atom is 0.319 e. The van der Waals surface area contributed by atoms with Gasteiger partial charge in [-0.3, -0.25) is 9.56 Å².